The standard InChI is InChI=1S/C33H30FN3O2S/c1-36(28-8-3-2-4-9-28)21-7-20-35-32(38)26-16-12-24(13-17-26)22-31-33(39)37(23-25-14-18-27(34)19-15-25)29-10-5-6-11-30(29)40-31/h2-6,8-19,22H,7,20-21,23H2,1H3,(H,35,38). The predicted molar refractivity (Wildman–Crippen MR) is 161 cm³/mol. The van der Waals surface area contributed by atoms with Crippen LogP contribution in [0.4, 0.5) is 15.8 Å². The topological polar surface area (TPSA) is 52.7 Å². The second-order valence-corrected chi connectivity index (χ2v) is 10.7. The Hall–Kier alpha value is -4.36. The molecule has 4 aromatic rings. The molecule has 5 rings (SSSR count). The first kappa shape index (κ1) is 27.2. The van der Waals surface area contributed by atoms with Gasteiger partial charge in [0.15, 0.2) is 0 Å². The van der Waals surface area contributed by atoms with Crippen LogP contribution in [0, 0.1) is 5.82 Å². The number of nitrogens with zero attached hydrogens (tertiary/aromatic N) is 2. The Bertz CT molecular complexity index is 1510. The summed E-state index contributed by atoms with van der Waals surface area (Å²) in [5, 5.41) is 2.99. The average molecular weight is 552 g/mol. The van der Waals surface area contributed by atoms with Crippen LogP contribution in [-0.4, -0.2) is 32.0 Å². The van der Waals surface area contributed by atoms with E-state index in [1.807, 2.05) is 67.7 Å². The first-order valence-electron chi connectivity index (χ1n) is 13.2. The summed E-state index contributed by atoms with van der Waals surface area (Å²) in [4.78, 5) is 31.6. The van der Waals surface area contributed by atoms with E-state index in [0.29, 0.717) is 23.6 Å². The maximum Gasteiger partial charge on any atom is 0.265 e. The van der Waals surface area contributed by atoms with E-state index in [4.69, 9.17) is 0 Å². The molecule has 0 atom stereocenters. The minimum atomic E-state index is -0.307. The van der Waals surface area contributed by atoms with Gasteiger partial charge >= 0.3 is 0 Å². The van der Waals surface area contributed by atoms with Crippen molar-refractivity contribution in [1.29, 1.82) is 0 Å². The Kier molecular flexibility index (Phi) is 8.62. The molecule has 5 nitrogen and oxygen atoms in total. The molecular formula is C33H30FN3O2S. The van der Waals surface area contributed by atoms with Crippen molar-refractivity contribution in [2.45, 2.75) is 17.9 Å². The highest BCUT2D eigenvalue weighted by molar-refractivity contribution is 8.04. The number of nitrogens with one attached hydrogen (secondary N) is 1. The summed E-state index contributed by atoms with van der Waals surface area (Å²) in [6.07, 6.45) is 2.68. The molecule has 0 bridgehead atoms. The smallest absolute Gasteiger partial charge is 0.265 e. The van der Waals surface area contributed by atoms with Gasteiger partial charge in [-0.25, -0.2) is 4.39 Å². The van der Waals surface area contributed by atoms with Crippen LogP contribution in [0.2, 0.25) is 0 Å². The molecule has 0 saturated heterocycles. The zero-order chi connectivity index (χ0) is 27.9. The third kappa shape index (κ3) is 6.61. The Labute approximate surface area is 238 Å². The summed E-state index contributed by atoms with van der Waals surface area (Å²) in [6.45, 7) is 1.76. The molecule has 1 heterocycles. The molecule has 0 saturated carbocycles. The summed E-state index contributed by atoms with van der Waals surface area (Å²) in [7, 11) is 2.04. The first-order chi connectivity index (χ1) is 19.5. The Morgan fingerprint density at radius 1 is 0.925 bits per heavy atom. The molecule has 202 valence electrons. The molecule has 0 unspecified atom stereocenters. The van der Waals surface area contributed by atoms with Crippen LogP contribution in [-0.2, 0) is 11.3 Å². The normalized spacial score (nSPS) is 13.7. The van der Waals surface area contributed by atoms with E-state index in [9.17, 15) is 14.0 Å². The van der Waals surface area contributed by atoms with E-state index >= 15 is 0 Å². The van der Waals surface area contributed by atoms with Crippen LogP contribution in [0.15, 0.2) is 113 Å². The molecule has 40 heavy (non-hydrogen) atoms. The van der Waals surface area contributed by atoms with Gasteiger partial charge in [-0.05, 0) is 72.2 Å². The lowest BCUT2D eigenvalue weighted by Gasteiger charge is -2.30. The van der Waals surface area contributed by atoms with E-state index in [1.165, 1.54) is 23.9 Å². The number of thioether (sulfide) groups is 1. The molecule has 0 spiro atoms. The third-order valence-corrected chi connectivity index (χ3v) is 7.79. The summed E-state index contributed by atoms with van der Waals surface area (Å²) in [5.74, 6) is -0.544. The maximum atomic E-state index is 13.5. The summed E-state index contributed by atoms with van der Waals surface area (Å²) in [5.41, 5.74) is 4.23. The number of hydrogen-bond donors (Lipinski definition) is 1. The van der Waals surface area contributed by atoms with Crippen molar-refractivity contribution >= 4 is 41.0 Å². The zero-order valence-electron chi connectivity index (χ0n) is 22.2. The van der Waals surface area contributed by atoms with Crippen molar-refractivity contribution < 1.29 is 14.0 Å². The molecule has 2 amide bonds. The lowest BCUT2D eigenvalue weighted by molar-refractivity contribution is -0.114. The number of fused-ring (bicyclic) bond motifs is 1. The molecule has 0 aromatic heterocycles. The van der Waals surface area contributed by atoms with Gasteiger partial charge in [0.2, 0.25) is 0 Å². The second-order valence-electron chi connectivity index (χ2n) is 9.58. The van der Waals surface area contributed by atoms with Gasteiger partial charge in [-0.2, -0.15) is 0 Å². The van der Waals surface area contributed by atoms with E-state index in [2.05, 4.69) is 22.3 Å². The fourth-order valence-corrected chi connectivity index (χ4v) is 5.56. The first-order valence-corrected chi connectivity index (χ1v) is 14.0. The Balaban J connectivity index is 1.22. The van der Waals surface area contributed by atoms with Crippen molar-refractivity contribution in [3.8, 4) is 0 Å². The highest BCUT2D eigenvalue weighted by atomic mass is 32.2. The van der Waals surface area contributed by atoms with Crippen LogP contribution in [0.3, 0.4) is 0 Å². The highest BCUT2D eigenvalue weighted by Crippen LogP contribution is 2.42. The number of carbonyl (C=O) groups excluding carboxylic acids is 2. The number of hydrogen-bond acceptors (Lipinski definition) is 4. The molecule has 7 heteroatoms. The highest BCUT2D eigenvalue weighted by Gasteiger charge is 2.29. The van der Waals surface area contributed by atoms with E-state index in [0.717, 1.165) is 40.4 Å². The molecule has 1 aliphatic heterocycles. The quantitative estimate of drug-likeness (QED) is 0.184. The molecule has 0 fully saturated rings. The molecule has 1 aliphatic rings. The van der Waals surface area contributed by atoms with Crippen molar-refractivity contribution in [1.82, 2.24) is 5.32 Å². The lowest BCUT2D eigenvalue weighted by Crippen LogP contribution is -2.33. The predicted octanol–water partition coefficient (Wildman–Crippen LogP) is 6.76. The fourth-order valence-electron chi connectivity index (χ4n) is 4.51. The largest absolute Gasteiger partial charge is 0.375 e. The van der Waals surface area contributed by atoms with E-state index in [1.54, 1.807) is 29.2 Å². The number of rotatable bonds is 9. The van der Waals surface area contributed by atoms with E-state index in [-0.39, 0.29) is 17.6 Å². The molecule has 0 radical (unpaired) electrons. The minimum absolute atomic E-state index is 0.115. The number of anilines is 2. The Morgan fingerprint density at radius 2 is 1.62 bits per heavy atom. The van der Waals surface area contributed by atoms with Gasteiger partial charge < -0.3 is 15.1 Å². The molecule has 1 N–H and O–H groups in total. The van der Waals surface area contributed by atoms with Crippen LogP contribution in [0.5, 0.6) is 0 Å². The van der Waals surface area contributed by atoms with Gasteiger partial charge in [-0.3, -0.25) is 9.59 Å². The van der Waals surface area contributed by atoms with Gasteiger partial charge in [0, 0.05) is 36.3 Å². The van der Waals surface area contributed by atoms with Crippen molar-refractivity contribution in [2.75, 3.05) is 29.9 Å². The summed E-state index contributed by atoms with van der Waals surface area (Å²) >= 11 is 1.43. The summed E-state index contributed by atoms with van der Waals surface area (Å²) < 4.78 is 13.4. The molecular weight excluding hydrogens is 521 g/mol. The lowest BCUT2D eigenvalue weighted by atomic mass is 10.1. The van der Waals surface area contributed by atoms with Gasteiger partial charge in [0.05, 0.1) is 17.1 Å². The SMILES string of the molecule is CN(CCCNC(=O)c1ccc(C=C2Sc3ccccc3N(Cc3ccc(F)cc3)C2=O)cc1)c1ccccc1. The van der Waals surface area contributed by atoms with Gasteiger partial charge in [-0.1, -0.05) is 66.4 Å². The molecule has 4 aromatic carbocycles. The minimum Gasteiger partial charge on any atom is -0.375 e. The summed E-state index contributed by atoms with van der Waals surface area (Å²) in [6, 6.07) is 31.4. The van der Waals surface area contributed by atoms with Crippen molar-refractivity contribution in [3.05, 3.63) is 131 Å². The van der Waals surface area contributed by atoms with E-state index < -0.39 is 0 Å². The van der Waals surface area contributed by atoms with Crippen LogP contribution < -0.4 is 15.1 Å². The Morgan fingerprint density at radius 3 is 2.38 bits per heavy atom. The van der Waals surface area contributed by atoms with Gasteiger partial charge in [-0.15, -0.1) is 0 Å². The maximum absolute atomic E-state index is 13.5. The number of para-hydroxylation sites is 2. The van der Waals surface area contributed by atoms with Gasteiger partial charge in [0.25, 0.3) is 11.8 Å². The number of halogens is 1. The zero-order valence-corrected chi connectivity index (χ0v) is 23.0. The number of benzene rings is 4. The van der Waals surface area contributed by atoms with Crippen LogP contribution in [0.1, 0.15) is 27.9 Å². The van der Waals surface area contributed by atoms with Crippen LogP contribution in [0.25, 0.3) is 6.08 Å². The van der Waals surface area contributed by atoms with Crippen molar-refractivity contribution in [2.24, 2.45) is 0 Å². The average Bonchev–Trinajstić information content (AvgIpc) is 2.99. The third-order valence-electron chi connectivity index (χ3n) is 6.71. The monoisotopic (exact) mass is 551 g/mol. The number of amides is 2. The number of carbonyl (C=O) groups is 2. The fraction of sp³-hybridized carbons (Fsp3) is 0.152. The molecule has 0 aliphatic carbocycles. The second kappa shape index (κ2) is 12.7. The van der Waals surface area contributed by atoms with Crippen LogP contribution >= 0.6 is 11.8 Å². The van der Waals surface area contributed by atoms with Crippen molar-refractivity contribution in [3.63, 3.8) is 0 Å². The van der Waals surface area contributed by atoms with Gasteiger partial charge in [0.1, 0.15) is 5.82 Å².